The zero-order valence-electron chi connectivity index (χ0n) is 37.1. The highest BCUT2D eigenvalue weighted by Crippen LogP contribution is 2.60. The van der Waals surface area contributed by atoms with Crippen LogP contribution in [0.15, 0.2) is 255 Å². The van der Waals surface area contributed by atoms with Crippen molar-refractivity contribution in [2.45, 2.75) is 5.41 Å². The fraction of sp³-hybridized carbons (Fsp3) is 0.0154. The molecule has 318 valence electrons. The summed E-state index contributed by atoms with van der Waals surface area (Å²) in [5.41, 5.74) is 16.4. The van der Waals surface area contributed by atoms with Gasteiger partial charge >= 0.3 is 0 Å². The lowest BCUT2D eigenvalue weighted by Gasteiger charge is -2.34. The molecule has 14 rings (SSSR count). The van der Waals surface area contributed by atoms with Gasteiger partial charge in [-0.2, -0.15) is 0 Å². The summed E-state index contributed by atoms with van der Waals surface area (Å²) in [6, 6.07) is 94.3. The van der Waals surface area contributed by atoms with E-state index in [1.807, 2.05) is 11.3 Å². The van der Waals surface area contributed by atoms with Gasteiger partial charge in [0, 0.05) is 43.2 Å². The summed E-state index contributed by atoms with van der Waals surface area (Å²) < 4.78 is 4.97. The highest BCUT2D eigenvalue weighted by molar-refractivity contribution is 7.27. The van der Waals surface area contributed by atoms with Crippen molar-refractivity contribution in [3.63, 3.8) is 0 Å². The van der Waals surface area contributed by atoms with Crippen LogP contribution in [0.5, 0.6) is 0 Å². The third-order valence-corrected chi connectivity index (χ3v) is 15.7. The van der Waals surface area contributed by atoms with Gasteiger partial charge in [0.1, 0.15) is 0 Å². The summed E-state index contributed by atoms with van der Waals surface area (Å²) in [4.78, 5) is 2.54. The average molecular weight is 883 g/mol. The highest BCUT2D eigenvalue weighted by atomic mass is 32.1. The second-order valence-electron chi connectivity index (χ2n) is 17.9. The van der Waals surface area contributed by atoms with Crippen LogP contribution in [-0.4, -0.2) is 4.57 Å². The molecule has 2 heterocycles. The minimum atomic E-state index is -0.523. The number of para-hydroxylation sites is 2. The highest BCUT2D eigenvalue weighted by Gasteiger charge is 2.47. The third kappa shape index (κ3) is 5.63. The number of thiophene rings is 1. The first-order chi connectivity index (χ1) is 33.8. The second-order valence-corrected chi connectivity index (χ2v) is 19.0. The first kappa shape index (κ1) is 38.7. The van der Waals surface area contributed by atoms with E-state index >= 15 is 0 Å². The molecule has 0 N–H and O–H groups in total. The maximum atomic E-state index is 2.54. The number of anilines is 3. The van der Waals surface area contributed by atoms with Gasteiger partial charge in [0.05, 0.1) is 32.5 Å². The minimum absolute atomic E-state index is 0.523. The van der Waals surface area contributed by atoms with Crippen molar-refractivity contribution in [3.05, 3.63) is 277 Å². The van der Waals surface area contributed by atoms with Gasteiger partial charge in [0.15, 0.2) is 0 Å². The number of benzene rings is 11. The van der Waals surface area contributed by atoms with Crippen LogP contribution in [0.4, 0.5) is 17.1 Å². The number of hydrogen-bond acceptors (Lipinski definition) is 2. The molecule has 1 aliphatic rings. The third-order valence-electron chi connectivity index (χ3n) is 14.5. The predicted octanol–water partition coefficient (Wildman–Crippen LogP) is 17.8. The molecule has 13 aromatic rings. The topological polar surface area (TPSA) is 8.17 Å². The Balaban J connectivity index is 1.00. The smallest absolute Gasteiger partial charge is 0.0714 e. The molecule has 68 heavy (non-hydrogen) atoms. The zero-order chi connectivity index (χ0) is 44.8. The van der Waals surface area contributed by atoms with Gasteiger partial charge in [-0.25, -0.2) is 0 Å². The van der Waals surface area contributed by atoms with E-state index < -0.39 is 5.41 Å². The Hall–Kier alpha value is -8.50. The van der Waals surface area contributed by atoms with Crippen LogP contribution >= 0.6 is 11.3 Å². The molecule has 3 heteroatoms. The van der Waals surface area contributed by atoms with Gasteiger partial charge in [-0.1, -0.05) is 200 Å². The summed E-state index contributed by atoms with van der Waals surface area (Å²) >= 11 is 1.91. The predicted molar refractivity (Wildman–Crippen MR) is 289 cm³/mol. The van der Waals surface area contributed by atoms with Crippen LogP contribution in [-0.2, 0) is 5.41 Å². The van der Waals surface area contributed by atoms with E-state index in [4.69, 9.17) is 0 Å². The van der Waals surface area contributed by atoms with Crippen LogP contribution in [0.25, 0.3) is 80.7 Å². The lowest BCUT2D eigenvalue weighted by Crippen LogP contribution is -2.28. The average Bonchev–Trinajstić information content (AvgIpc) is 4.07. The Bertz CT molecular complexity index is 4030. The molecule has 0 saturated heterocycles. The van der Waals surface area contributed by atoms with E-state index in [-0.39, 0.29) is 0 Å². The van der Waals surface area contributed by atoms with Crippen molar-refractivity contribution in [2.24, 2.45) is 0 Å². The number of aromatic nitrogens is 1. The number of hydrogen-bond donors (Lipinski definition) is 0. The molecule has 0 saturated carbocycles. The number of fused-ring (bicyclic) bond motifs is 11. The summed E-state index contributed by atoms with van der Waals surface area (Å²) in [6.07, 6.45) is 0. The van der Waals surface area contributed by atoms with E-state index in [2.05, 4.69) is 264 Å². The lowest BCUT2D eigenvalue weighted by atomic mass is 9.68. The molecule has 0 aliphatic heterocycles. The zero-order valence-corrected chi connectivity index (χ0v) is 37.9. The molecule has 0 amide bonds. The summed E-state index contributed by atoms with van der Waals surface area (Å²) in [5.74, 6) is 0. The summed E-state index contributed by atoms with van der Waals surface area (Å²) in [5, 5.41) is 7.62. The molecule has 0 radical (unpaired) electrons. The quantitative estimate of drug-likeness (QED) is 0.155. The van der Waals surface area contributed by atoms with Gasteiger partial charge in [-0.05, 0) is 104 Å². The van der Waals surface area contributed by atoms with Crippen LogP contribution < -0.4 is 4.90 Å². The van der Waals surface area contributed by atoms with Crippen LogP contribution in [0.2, 0.25) is 0 Å². The largest absolute Gasteiger partial charge is 0.309 e. The van der Waals surface area contributed by atoms with Crippen molar-refractivity contribution < 1.29 is 0 Å². The van der Waals surface area contributed by atoms with Crippen LogP contribution in [0, 0.1) is 0 Å². The van der Waals surface area contributed by atoms with E-state index in [1.165, 1.54) is 103 Å². The number of nitrogens with zero attached hydrogens (tertiary/aromatic N) is 2. The SMILES string of the molecule is c1ccc(-n2c3ccccc3c3cc(-c4ccc(N(c5cccc6c5-c5ccccc5C6(c5ccccc5)c5ccccc5)c5cccc6c5sc5c7ccccc7ccc65)cc4)ccc32)cc1. The molecule has 11 aromatic carbocycles. The summed E-state index contributed by atoms with van der Waals surface area (Å²) in [7, 11) is 0. The van der Waals surface area contributed by atoms with E-state index in [9.17, 15) is 0 Å². The van der Waals surface area contributed by atoms with Gasteiger partial charge in [0.2, 0.25) is 0 Å². The van der Waals surface area contributed by atoms with Gasteiger partial charge < -0.3 is 9.47 Å². The minimum Gasteiger partial charge on any atom is -0.309 e. The molecule has 2 aromatic heterocycles. The van der Waals surface area contributed by atoms with Gasteiger partial charge in [-0.3, -0.25) is 0 Å². The van der Waals surface area contributed by atoms with Crippen LogP contribution in [0.3, 0.4) is 0 Å². The van der Waals surface area contributed by atoms with Crippen molar-refractivity contribution in [1.29, 1.82) is 0 Å². The maximum absolute atomic E-state index is 2.54. The molecule has 0 unspecified atom stereocenters. The van der Waals surface area contributed by atoms with Crippen molar-refractivity contribution in [2.75, 3.05) is 4.90 Å². The fourth-order valence-corrected chi connectivity index (χ4v) is 12.9. The Kier molecular flexibility index (Phi) is 8.71. The molecular formula is C65H42N2S. The molecule has 0 bridgehead atoms. The first-order valence-corrected chi connectivity index (χ1v) is 24.2. The van der Waals surface area contributed by atoms with Crippen molar-refractivity contribution >= 4 is 81.1 Å². The molecule has 1 aliphatic carbocycles. The standard InChI is InChI=1S/C65H42N2S/c1-4-19-46(20-5-1)65(47-21-6-2-7-22-47)56-29-14-12-27-54(56)62-57(65)30-17-32-60(62)67(61-33-16-28-52-53-40-36-44-18-10-11-25-50(44)63(53)68-64(52)61)49-38-34-43(35-39-49)45-37-41-59-55(42-45)51-26-13-15-31-58(51)66(59)48-23-8-3-9-24-48/h1-42H. The van der Waals surface area contributed by atoms with Crippen molar-refractivity contribution in [3.8, 4) is 27.9 Å². The first-order valence-electron chi connectivity index (χ1n) is 23.4. The van der Waals surface area contributed by atoms with Gasteiger partial charge in [-0.15, -0.1) is 11.3 Å². The molecular weight excluding hydrogens is 841 g/mol. The van der Waals surface area contributed by atoms with Gasteiger partial charge in [0.25, 0.3) is 0 Å². The molecule has 0 atom stereocenters. The van der Waals surface area contributed by atoms with Crippen LogP contribution in [0.1, 0.15) is 22.3 Å². The molecule has 2 nitrogen and oxygen atoms in total. The Morgan fingerprint density at radius 3 is 1.75 bits per heavy atom. The van der Waals surface area contributed by atoms with E-state index in [1.54, 1.807) is 0 Å². The maximum Gasteiger partial charge on any atom is 0.0714 e. The summed E-state index contributed by atoms with van der Waals surface area (Å²) in [6.45, 7) is 0. The number of rotatable bonds is 7. The van der Waals surface area contributed by atoms with E-state index in [0.717, 1.165) is 17.1 Å². The van der Waals surface area contributed by atoms with Crippen molar-refractivity contribution in [1.82, 2.24) is 4.57 Å². The molecule has 0 fully saturated rings. The Labute approximate surface area is 398 Å². The lowest BCUT2D eigenvalue weighted by molar-refractivity contribution is 0.768. The van der Waals surface area contributed by atoms with E-state index in [0.29, 0.717) is 0 Å². The monoisotopic (exact) mass is 882 g/mol. The normalized spacial score (nSPS) is 12.8. The Morgan fingerprint density at radius 2 is 0.956 bits per heavy atom. The molecule has 0 spiro atoms. The Morgan fingerprint density at radius 1 is 0.368 bits per heavy atom. The fourth-order valence-electron chi connectivity index (χ4n) is 11.6. The second kappa shape index (κ2) is 15.3.